The number of piperidine rings is 1. The summed E-state index contributed by atoms with van der Waals surface area (Å²) in [5.74, 6) is -1.02. The van der Waals surface area contributed by atoms with E-state index in [9.17, 15) is 14.7 Å². The fourth-order valence-electron chi connectivity index (χ4n) is 2.47. The summed E-state index contributed by atoms with van der Waals surface area (Å²) in [7, 11) is 0. The zero-order chi connectivity index (χ0) is 16.3. The SMILES string of the molecule is CC(C)(C)OC(=O)N(c1ccsc1C(=O)O)C1CCNCC1. The Balaban J connectivity index is 2.34. The molecule has 6 nitrogen and oxygen atoms in total. The number of hydrogen-bond donors (Lipinski definition) is 2. The molecule has 0 atom stereocenters. The molecule has 1 aromatic rings. The maximum atomic E-state index is 12.6. The summed E-state index contributed by atoms with van der Waals surface area (Å²) in [5, 5.41) is 14.3. The van der Waals surface area contributed by atoms with E-state index in [-0.39, 0.29) is 10.9 Å². The highest BCUT2D eigenvalue weighted by molar-refractivity contribution is 7.12. The number of carboxylic acid groups (broad SMARTS) is 1. The summed E-state index contributed by atoms with van der Waals surface area (Å²) in [6.45, 7) is 7.01. The van der Waals surface area contributed by atoms with Crippen molar-refractivity contribution in [1.82, 2.24) is 5.32 Å². The Morgan fingerprint density at radius 2 is 2.00 bits per heavy atom. The molecule has 1 fully saturated rings. The fraction of sp³-hybridized carbons (Fsp3) is 0.600. The summed E-state index contributed by atoms with van der Waals surface area (Å²) >= 11 is 1.12. The number of nitrogens with one attached hydrogen (secondary N) is 1. The Kier molecular flexibility index (Phi) is 5.08. The molecule has 0 spiro atoms. The van der Waals surface area contributed by atoms with Gasteiger partial charge in [-0.05, 0) is 58.1 Å². The number of nitrogens with zero attached hydrogens (tertiary/aromatic N) is 1. The van der Waals surface area contributed by atoms with Crippen LogP contribution in [0.25, 0.3) is 0 Å². The minimum absolute atomic E-state index is 0.0520. The van der Waals surface area contributed by atoms with E-state index in [0.29, 0.717) is 5.69 Å². The Labute approximate surface area is 134 Å². The van der Waals surface area contributed by atoms with Gasteiger partial charge in [0, 0.05) is 6.04 Å². The monoisotopic (exact) mass is 326 g/mol. The molecule has 2 rings (SSSR count). The maximum Gasteiger partial charge on any atom is 0.415 e. The van der Waals surface area contributed by atoms with Gasteiger partial charge in [0.1, 0.15) is 10.5 Å². The van der Waals surface area contributed by atoms with Gasteiger partial charge in [0.05, 0.1) is 5.69 Å². The van der Waals surface area contributed by atoms with Crippen molar-refractivity contribution < 1.29 is 19.4 Å². The third-order valence-electron chi connectivity index (χ3n) is 3.36. The fourth-order valence-corrected chi connectivity index (χ4v) is 3.19. The molecule has 122 valence electrons. The molecule has 7 heteroatoms. The van der Waals surface area contributed by atoms with Gasteiger partial charge < -0.3 is 15.2 Å². The van der Waals surface area contributed by atoms with Gasteiger partial charge in [-0.3, -0.25) is 4.90 Å². The minimum Gasteiger partial charge on any atom is -0.477 e. The van der Waals surface area contributed by atoms with Crippen LogP contribution >= 0.6 is 11.3 Å². The first-order chi connectivity index (χ1) is 10.3. The van der Waals surface area contributed by atoms with Crippen molar-refractivity contribution in [3.8, 4) is 0 Å². The van der Waals surface area contributed by atoms with E-state index in [1.54, 1.807) is 32.2 Å². The summed E-state index contributed by atoms with van der Waals surface area (Å²) in [4.78, 5) is 25.7. The van der Waals surface area contributed by atoms with Gasteiger partial charge in [-0.1, -0.05) is 0 Å². The van der Waals surface area contributed by atoms with Gasteiger partial charge in [0.2, 0.25) is 0 Å². The number of ether oxygens (including phenoxy) is 1. The van der Waals surface area contributed by atoms with Crippen molar-refractivity contribution in [3.63, 3.8) is 0 Å². The van der Waals surface area contributed by atoms with E-state index in [0.717, 1.165) is 37.3 Å². The number of amides is 1. The molecule has 0 bridgehead atoms. The number of aromatic carboxylic acids is 1. The number of carboxylic acids is 1. The number of thiophene rings is 1. The Morgan fingerprint density at radius 3 is 2.55 bits per heavy atom. The van der Waals surface area contributed by atoms with E-state index in [1.807, 2.05) is 0 Å². The standard InChI is InChI=1S/C15H22N2O4S/c1-15(2,3)21-14(20)17(10-4-7-16-8-5-10)11-6-9-22-12(11)13(18)19/h6,9-10,16H,4-5,7-8H2,1-3H3,(H,18,19). The van der Waals surface area contributed by atoms with Gasteiger partial charge in [-0.2, -0.15) is 0 Å². The van der Waals surface area contributed by atoms with Crippen LogP contribution in [0, 0.1) is 0 Å². The van der Waals surface area contributed by atoms with Crippen LogP contribution in [0.4, 0.5) is 10.5 Å². The van der Waals surface area contributed by atoms with Crippen molar-refractivity contribution in [3.05, 3.63) is 16.3 Å². The molecule has 22 heavy (non-hydrogen) atoms. The van der Waals surface area contributed by atoms with E-state index in [1.165, 1.54) is 4.90 Å². The Morgan fingerprint density at radius 1 is 1.36 bits per heavy atom. The number of carbonyl (C=O) groups excluding carboxylic acids is 1. The molecule has 2 heterocycles. The molecule has 0 saturated carbocycles. The molecule has 2 N–H and O–H groups in total. The lowest BCUT2D eigenvalue weighted by atomic mass is 10.0. The first-order valence-corrected chi connectivity index (χ1v) is 8.21. The number of anilines is 1. The normalized spacial score (nSPS) is 16.3. The zero-order valence-electron chi connectivity index (χ0n) is 13.1. The van der Waals surface area contributed by atoms with Gasteiger partial charge in [0.15, 0.2) is 0 Å². The lowest BCUT2D eigenvalue weighted by Crippen LogP contribution is -2.48. The molecule has 0 unspecified atom stereocenters. The summed E-state index contributed by atoms with van der Waals surface area (Å²) in [6, 6.07) is 1.63. The number of rotatable bonds is 3. The van der Waals surface area contributed by atoms with Crippen LogP contribution < -0.4 is 10.2 Å². The average molecular weight is 326 g/mol. The van der Waals surface area contributed by atoms with Crippen LogP contribution in [0.2, 0.25) is 0 Å². The van der Waals surface area contributed by atoms with Crippen molar-refractivity contribution in [2.45, 2.75) is 45.3 Å². The summed E-state index contributed by atoms with van der Waals surface area (Å²) in [5.41, 5.74) is -0.194. The molecular formula is C15H22N2O4S. The molecule has 1 aliphatic rings. The zero-order valence-corrected chi connectivity index (χ0v) is 13.9. The van der Waals surface area contributed by atoms with E-state index in [4.69, 9.17) is 4.74 Å². The van der Waals surface area contributed by atoms with Crippen molar-refractivity contribution in [1.29, 1.82) is 0 Å². The molecule has 1 aromatic heterocycles. The van der Waals surface area contributed by atoms with Gasteiger partial charge in [-0.25, -0.2) is 9.59 Å². The maximum absolute atomic E-state index is 12.6. The van der Waals surface area contributed by atoms with Crippen LogP contribution in [0.1, 0.15) is 43.3 Å². The highest BCUT2D eigenvalue weighted by Gasteiger charge is 2.33. The van der Waals surface area contributed by atoms with Gasteiger partial charge in [-0.15, -0.1) is 11.3 Å². The van der Waals surface area contributed by atoms with E-state index < -0.39 is 17.7 Å². The van der Waals surface area contributed by atoms with Crippen molar-refractivity contribution in [2.75, 3.05) is 18.0 Å². The molecule has 0 aliphatic carbocycles. The van der Waals surface area contributed by atoms with Crippen LogP contribution in [-0.2, 0) is 4.74 Å². The third kappa shape index (κ3) is 3.98. The second-order valence-electron chi connectivity index (χ2n) is 6.27. The summed E-state index contributed by atoms with van der Waals surface area (Å²) in [6.07, 6.45) is 1.06. The lowest BCUT2D eigenvalue weighted by Gasteiger charge is -2.35. The smallest absolute Gasteiger partial charge is 0.415 e. The quantitative estimate of drug-likeness (QED) is 0.893. The minimum atomic E-state index is -1.02. The topological polar surface area (TPSA) is 78.9 Å². The number of carbonyl (C=O) groups is 2. The second-order valence-corrected chi connectivity index (χ2v) is 7.19. The molecule has 1 saturated heterocycles. The van der Waals surface area contributed by atoms with Crippen molar-refractivity contribution in [2.24, 2.45) is 0 Å². The van der Waals surface area contributed by atoms with Gasteiger partial charge >= 0.3 is 12.1 Å². The first-order valence-electron chi connectivity index (χ1n) is 7.33. The van der Waals surface area contributed by atoms with Gasteiger partial charge in [0.25, 0.3) is 0 Å². The molecule has 0 radical (unpaired) electrons. The first kappa shape index (κ1) is 16.8. The molecular weight excluding hydrogens is 304 g/mol. The Bertz CT molecular complexity index is 544. The lowest BCUT2D eigenvalue weighted by molar-refractivity contribution is 0.0559. The molecule has 0 aromatic carbocycles. The average Bonchev–Trinajstić information content (AvgIpc) is 2.87. The highest BCUT2D eigenvalue weighted by Crippen LogP contribution is 2.31. The third-order valence-corrected chi connectivity index (χ3v) is 4.25. The molecule has 1 amide bonds. The van der Waals surface area contributed by atoms with Crippen LogP contribution in [-0.4, -0.2) is 41.9 Å². The largest absolute Gasteiger partial charge is 0.477 e. The van der Waals surface area contributed by atoms with Crippen LogP contribution in [0.3, 0.4) is 0 Å². The number of hydrogen-bond acceptors (Lipinski definition) is 5. The van der Waals surface area contributed by atoms with Crippen LogP contribution in [0.15, 0.2) is 11.4 Å². The van der Waals surface area contributed by atoms with Crippen molar-refractivity contribution >= 4 is 29.1 Å². The van der Waals surface area contributed by atoms with E-state index in [2.05, 4.69) is 5.32 Å². The predicted molar refractivity (Wildman–Crippen MR) is 85.9 cm³/mol. The van der Waals surface area contributed by atoms with Crippen LogP contribution in [0.5, 0.6) is 0 Å². The summed E-state index contributed by atoms with van der Waals surface area (Å²) < 4.78 is 5.49. The highest BCUT2D eigenvalue weighted by atomic mass is 32.1. The Hall–Kier alpha value is -1.60. The molecule has 1 aliphatic heterocycles. The van der Waals surface area contributed by atoms with E-state index >= 15 is 0 Å². The predicted octanol–water partition coefficient (Wildman–Crippen LogP) is 2.94. The second kappa shape index (κ2) is 6.66.